The number of amides is 1. The molecule has 2 N–H and O–H groups in total. The van der Waals surface area contributed by atoms with Gasteiger partial charge in [-0.15, -0.1) is 0 Å². The minimum Gasteiger partial charge on any atom is -0.451 e. The van der Waals surface area contributed by atoms with E-state index in [0.29, 0.717) is 44.5 Å². The second-order valence-corrected chi connectivity index (χ2v) is 10.8. The van der Waals surface area contributed by atoms with Crippen LogP contribution in [0.25, 0.3) is 10.9 Å². The van der Waals surface area contributed by atoms with E-state index in [1.165, 1.54) is 23.0 Å². The molecule has 2 fully saturated rings. The number of fused-ring (bicyclic) bond motifs is 1. The fraction of sp³-hybridized carbons (Fsp3) is 0.444. The normalized spacial score (nSPS) is 19.2. The summed E-state index contributed by atoms with van der Waals surface area (Å²) in [5, 5.41) is 0.246. The number of anilines is 1. The van der Waals surface area contributed by atoms with Crippen molar-refractivity contribution in [3.05, 3.63) is 58.6 Å². The van der Waals surface area contributed by atoms with Crippen molar-refractivity contribution in [3.8, 4) is 11.5 Å². The van der Waals surface area contributed by atoms with Crippen LogP contribution in [0.3, 0.4) is 0 Å². The van der Waals surface area contributed by atoms with E-state index in [9.17, 15) is 18.4 Å². The Morgan fingerprint density at radius 3 is 2.63 bits per heavy atom. The van der Waals surface area contributed by atoms with Gasteiger partial charge in [-0.05, 0) is 70.4 Å². The van der Waals surface area contributed by atoms with Crippen molar-refractivity contribution >= 4 is 22.7 Å². The van der Waals surface area contributed by atoms with Gasteiger partial charge >= 0.3 is 6.09 Å². The van der Waals surface area contributed by atoms with Crippen molar-refractivity contribution < 1.29 is 27.8 Å². The van der Waals surface area contributed by atoms with Crippen LogP contribution in [0.15, 0.2) is 41.5 Å². The van der Waals surface area contributed by atoms with E-state index in [-0.39, 0.29) is 34.5 Å². The predicted molar refractivity (Wildman–Crippen MR) is 136 cm³/mol. The molecule has 1 spiro atoms. The monoisotopic (exact) mass is 528 g/mol. The van der Waals surface area contributed by atoms with Gasteiger partial charge in [-0.3, -0.25) is 9.36 Å². The topological polar surface area (TPSA) is 109 Å². The maximum absolute atomic E-state index is 14.3. The zero-order valence-corrected chi connectivity index (χ0v) is 21.5. The zero-order chi connectivity index (χ0) is 27.2. The second-order valence-electron chi connectivity index (χ2n) is 10.8. The van der Waals surface area contributed by atoms with Crippen LogP contribution >= 0.6 is 0 Å². The van der Waals surface area contributed by atoms with Crippen LogP contribution in [0.2, 0.25) is 0 Å². The molecule has 38 heavy (non-hydrogen) atoms. The number of rotatable bonds is 3. The van der Waals surface area contributed by atoms with Gasteiger partial charge in [-0.2, -0.15) is 0 Å². The number of carbonyl (C=O) groups excluding carboxylic acids is 1. The molecule has 5 rings (SSSR count). The molecule has 3 heterocycles. The quantitative estimate of drug-likeness (QED) is 0.488. The smallest absolute Gasteiger partial charge is 0.410 e. The number of likely N-dealkylation sites (tertiary alicyclic amines) is 1. The summed E-state index contributed by atoms with van der Waals surface area (Å²) in [7, 11) is 0. The number of piperidine rings is 1. The lowest BCUT2D eigenvalue weighted by Gasteiger charge is -2.39. The summed E-state index contributed by atoms with van der Waals surface area (Å²) in [4.78, 5) is 31.9. The molecule has 2 aliphatic rings. The Morgan fingerprint density at radius 2 is 1.92 bits per heavy atom. The van der Waals surface area contributed by atoms with Gasteiger partial charge in [0.1, 0.15) is 11.4 Å². The molecule has 0 aliphatic carbocycles. The number of nitrogen functional groups attached to an aromatic ring is 1. The first-order valence-electron chi connectivity index (χ1n) is 12.5. The van der Waals surface area contributed by atoms with Gasteiger partial charge < -0.3 is 24.8 Å². The van der Waals surface area contributed by atoms with Gasteiger partial charge in [0.15, 0.2) is 11.6 Å². The van der Waals surface area contributed by atoms with Crippen LogP contribution in [0.1, 0.15) is 46.1 Å². The Kier molecular flexibility index (Phi) is 6.50. The van der Waals surface area contributed by atoms with Gasteiger partial charge in [0.05, 0.1) is 41.2 Å². The van der Waals surface area contributed by atoms with Crippen LogP contribution in [-0.2, 0) is 9.47 Å². The van der Waals surface area contributed by atoms with Crippen LogP contribution in [0, 0.1) is 11.6 Å². The Labute approximate surface area is 218 Å². The van der Waals surface area contributed by atoms with E-state index in [0.717, 1.165) is 12.1 Å². The number of nitrogens with zero attached hydrogens (tertiary/aromatic N) is 3. The highest BCUT2D eigenvalue weighted by molar-refractivity contribution is 5.79. The largest absolute Gasteiger partial charge is 0.451 e. The maximum atomic E-state index is 14.3. The Morgan fingerprint density at radius 1 is 1.18 bits per heavy atom. The fourth-order valence-corrected chi connectivity index (χ4v) is 4.97. The third-order valence-electron chi connectivity index (χ3n) is 6.96. The molecular weight excluding hydrogens is 498 g/mol. The van der Waals surface area contributed by atoms with E-state index in [4.69, 9.17) is 19.9 Å². The molecular formula is C27H30F2N4O5. The van der Waals surface area contributed by atoms with Crippen molar-refractivity contribution in [1.82, 2.24) is 14.5 Å². The number of benzene rings is 2. The van der Waals surface area contributed by atoms with Gasteiger partial charge in [-0.1, -0.05) is 0 Å². The molecule has 2 aromatic carbocycles. The van der Waals surface area contributed by atoms with Crippen molar-refractivity contribution in [2.75, 3.05) is 25.4 Å². The summed E-state index contributed by atoms with van der Waals surface area (Å²) in [6.07, 6.45) is 3.01. The Hall–Kier alpha value is -3.73. The summed E-state index contributed by atoms with van der Waals surface area (Å²) >= 11 is 0. The minimum absolute atomic E-state index is 0.0752. The van der Waals surface area contributed by atoms with Gasteiger partial charge in [-0.25, -0.2) is 18.6 Å². The van der Waals surface area contributed by atoms with E-state index in [1.807, 2.05) is 20.8 Å². The molecule has 1 atom stereocenters. The van der Waals surface area contributed by atoms with E-state index in [2.05, 4.69) is 4.98 Å². The number of carbonyl (C=O) groups is 1. The molecule has 202 valence electrons. The predicted octanol–water partition coefficient (Wildman–Crippen LogP) is 4.78. The number of hydrogen-bond donors (Lipinski definition) is 1. The molecule has 11 heteroatoms. The van der Waals surface area contributed by atoms with Crippen molar-refractivity contribution in [1.29, 1.82) is 0 Å². The minimum atomic E-state index is -1.01. The van der Waals surface area contributed by atoms with Crippen molar-refractivity contribution in [3.63, 3.8) is 0 Å². The number of nitrogens with two attached hydrogens (primary N) is 1. The summed E-state index contributed by atoms with van der Waals surface area (Å²) < 4.78 is 47.1. The Balaban J connectivity index is 1.33. The number of aromatic nitrogens is 2. The molecule has 2 saturated heterocycles. The first-order chi connectivity index (χ1) is 17.9. The van der Waals surface area contributed by atoms with Gasteiger partial charge in [0, 0.05) is 13.1 Å². The molecule has 3 aromatic rings. The van der Waals surface area contributed by atoms with Crippen LogP contribution in [-0.4, -0.2) is 51.4 Å². The van der Waals surface area contributed by atoms with E-state index in [1.54, 1.807) is 11.0 Å². The van der Waals surface area contributed by atoms with Crippen LogP contribution in [0.5, 0.6) is 11.5 Å². The average molecular weight is 529 g/mol. The maximum Gasteiger partial charge on any atom is 0.410 e. The summed E-state index contributed by atoms with van der Waals surface area (Å²) in [5.41, 5.74) is 4.39. The third kappa shape index (κ3) is 5.02. The Bertz CT molecular complexity index is 1440. The van der Waals surface area contributed by atoms with Gasteiger partial charge in [0.2, 0.25) is 5.75 Å². The summed E-state index contributed by atoms with van der Waals surface area (Å²) in [6.45, 7) is 6.84. The number of ether oxygens (including phenoxy) is 3. The molecule has 0 bridgehead atoms. The van der Waals surface area contributed by atoms with Gasteiger partial charge in [0.25, 0.3) is 5.56 Å². The van der Waals surface area contributed by atoms with Crippen LogP contribution < -0.4 is 16.0 Å². The summed E-state index contributed by atoms with van der Waals surface area (Å²) in [5.74, 6) is -2.49. The first kappa shape index (κ1) is 25.9. The molecule has 0 radical (unpaired) electrons. The first-order valence-corrected chi connectivity index (χ1v) is 12.5. The lowest BCUT2D eigenvalue weighted by atomic mass is 9.87. The molecule has 9 nitrogen and oxygen atoms in total. The standard InChI is InChI=1S/C27H30F2N4O5/c1-26(2,3)38-25(35)32-10-8-27(9-11-32)13-16(14-36-27)33-15-31-21-7-4-17(12-18(21)24(33)34)37-23-19(28)5-6-20(30)22(23)29/h4-7,12,15-16H,8-11,13-14,30H2,1-3H3. The second kappa shape index (κ2) is 9.54. The van der Waals surface area contributed by atoms with Crippen LogP contribution in [0.4, 0.5) is 19.3 Å². The zero-order valence-electron chi connectivity index (χ0n) is 21.5. The summed E-state index contributed by atoms with van der Waals surface area (Å²) in [6, 6.07) is 6.31. The SMILES string of the molecule is CC(C)(C)OC(=O)N1CCC2(CC1)CC(n1cnc3ccc(Oc4c(F)ccc(N)c4F)cc3c1=O)CO2. The lowest BCUT2D eigenvalue weighted by molar-refractivity contribution is -0.0486. The molecule has 1 amide bonds. The van der Waals surface area contributed by atoms with Crippen molar-refractivity contribution in [2.24, 2.45) is 0 Å². The average Bonchev–Trinajstić information content (AvgIpc) is 3.27. The fourth-order valence-electron chi connectivity index (χ4n) is 4.97. The van der Waals surface area contributed by atoms with Crippen molar-refractivity contribution in [2.45, 2.75) is 57.3 Å². The highest BCUT2D eigenvalue weighted by Gasteiger charge is 2.44. The van der Waals surface area contributed by atoms with E-state index < -0.39 is 28.6 Å². The third-order valence-corrected chi connectivity index (χ3v) is 6.96. The molecule has 1 unspecified atom stereocenters. The van der Waals surface area contributed by atoms with E-state index >= 15 is 0 Å². The number of hydrogen-bond acceptors (Lipinski definition) is 7. The molecule has 1 aromatic heterocycles. The number of halogens is 2. The molecule has 0 saturated carbocycles. The highest BCUT2D eigenvalue weighted by Crippen LogP contribution is 2.40. The highest BCUT2D eigenvalue weighted by atomic mass is 19.1. The molecule has 2 aliphatic heterocycles. The lowest BCUT2D eigenvalue weighted by Crippen LogP contribution is -2.48.